The molecule has 0 amide bonds. The summed E-state index contributed by atoms with van der Waals surface area (Å²) < 4.78 is 0. The smallest absolute Gasteiger partial charge is 0.240 e. The first-order chi connectivity index (χ1) is 17.4. The summed E-state index contributed by atoms with van der Waals surface area (Å²) in [6.45, 7) is 0. The molecule has 0 saturated carbocycles. The molecular formula is C28H20N4O4. The lowest BCUT2D eigenvalue weighted by Crippen LogP contribution is -2.01. The van der Waals surface area contributed by atoms with Crippen LogP contribution < -0.4 is 11.5 Å². The maximum absolute atomic E-state index is 12.2. The fourth-order valence-electron chi connectivity index (χ4n) is 3.08. The maximum atomic E-state index is 12.2. The molecule has 0 saturated heterocycles. The minimum Gasteiger partial charge on any atom is -0.399 e. The third kappa shape index (κ3) is 6.79. The average molecular weight is 476 g/mol. The van der Waals surface area contributed by atoms with Gasteiger partial charge in [0.05, 0.1) is 11.4 Å². The molecule has 0 spiro atoms. The number of rotatable bonds is 6. The highest BCUT2D eigenvalue weighted by molar-refractivity contribution is 6.09. The lowest BCUT2D eigenvalue weighted by Gasteiger charge is -2.02. The molecule has 4 aromatic rings. The number of nitrogens with two attached hydrogens (primary N) is 2. The Morgan fingerprint density at radius 2 is 0.722 bits per heavy atom. The van der Waals surface area contributed by atoms with Crippen LogP contribution in [0.3, 0.4) is 0 Å². The third-order valence-corrected chi connectivity index (χ3v) is 4.95. The molecule has 8 heteroatoms. The highest BCUT2D eigenvalue weighted by Crippen LogP contribution is 2.18. The zero-order valence-corrected chi connectivity index (χ0v) is 18.9. The number of carbonyl (C=O) groups excluding carboxylic acids is 4. The molecule has 0 bridgehead atoms. The van der Waals surface area contributed by atoms with Crippen LogP contribution in [-0.2, 0) is 9.59 Å². The molecule has 0 aromatic heterocycles. The number of nitrogen functional groups attached to an aromatic ring is 2. The number of ketones is 2. The van der Waals surface area contributed by atoms with E-state index in [1.807, 2.05) is 0 Å². The maximum Gasteiger partial charge on any atom is 0.240 e. The Hall–Kier alpha value is -5.42. The predicted octanol–water partition coefficient (Wildman–Crippen LogP) is 4.93. The van der Waals surface area contributed by atoms with E-state index in [1.54, 1.807) is 97.1 Å². The Balaban J connectivity index is 0.000000205. The molecular weight excluding hydrogens is 456 g/mol. The molecule has 4 rings (SSSR count). The number of carbonyl (C=O) groups is 2. The van der Waals surface area contributed by atoms with Gasteiger partial charge < -0.3 is 11.5 Å². The summed E-state index contributed by atoms with van der Waals surface area (Å²) in [5.41, 5.74) is 15.5. The van der Waals surface area contributed by atoms with Crippen molar-refractivity contribution in [2.24, 2.45) is 9.98 Å². The highest BCUT2D eigenvalue weighted by Gasteiger charge is 2.09. The lowest BCUT2D eigenvalue weighted by atomic mass is 10.0. The van der Waals surface area contributed by atoms with Crippen LogP contribution in [-0.4, -0.2) is 23.7 Å². The van der Waals surface area contributed by atoms with Gasteiger partial charge >= 0.3 is 0 Å². The van der Waals surface area contributed by atoms with Crippen LogP contribution in [0.5, 0.6) is 0 Å². The van der Waals surface area contributed by atoms with Gasteiger partial charge in [0.1, 0.15) is 0 Å². The van der Waals surface area contributed by atoms with Gasteiger partial charge in [-0.1, -0.05) is 0 Å². The first-order valence-electron chi connectivity index (χ1n) is 10.6. The van der Waals surface area contributed by atoms with Gasteiger partial charge in [0.25, 0.3) is 0 Å². The van der Waals surface area contributed by atoms with Crippen molar-refractivity contribution in [1.29, 1.82) is 0 Å². The Kier molecular flexibility index (Phi) is 8.51. The van der Waals surface area contributed by atoms with Crippen molar-refractivity contribution in [3.63, 3.8) is 0 Å². The van der Waals surface area contributed by atoms with E-state index >= 15 is 0 Å². The Morgan fingerprint density at radius 3 is 0.972 bits per heavy atom. The van der Waals surface area contributed by atoms with E-state index in [2.05, 4.69) is 9.98 Å². The number of nitrogens with zero attached hydrogens (tertiary/aromatic N) is 2. The molecule has 0 heterocycles. The number of aliphatic imine (C=N–C) groups is 2. The molecule has 4 N–H and O–H groups in total. The van der Waals surface area contributed by atoms with Gasteiger partial charge in [0.15, 0.2) is 11.6 Å². The van der Waals surface area contributed by atoms with Crippen LogP contribution in [0.25, 0.3) is 0 Å². The monoisotopic (exact) mass is 476 g/mol. The van der Waals surface area contributed by atoms with Crippen molar-refractivity contribution in [2.45, 2.75) is 0 Å². The number of benzene rings is 4. The Morgan fingerprint density at radius 1 is 0.472 bits per heavy atom. The number of hydrogen-bond acceptors (Lipinski definition) is 8. The fraction of sp³-hybridized carbons (Fsp3) is 0. The summed E-state index contributed by atoms with van der Waals surface area (Å²) in [4.78, 5) is 51.3. The highest BCUT2D eigenvalue weighted by atomic mass is 16.1. The molecule has 0 aliphatic rings. The zero-order valence-electron chi connectivity index (χ0n) is 18.9. The van der Waals surface area contributed by atoms with Crippen LogP contribution >= 0.6 is 0 Å². The zero-order chi connectivity index (χ0) is 25.9. The van der Waals surface area contributed by atoms with Gasteiger partial charge in [-0.05, 0) is 97.1 Å². The predicted molar refractivity (Wildman–Crippen MR) is 137 cm³/mol. The number of anilines is 2. The first-order valence-corrected chi connectivity index (χ1v) is 10.6. The van der Waals surface area contributed by atoms with Gasteiger partial charge in [-0.3, -0.25) is 9.59 Å². The van der Waals surface area contributed by atoms with Crippen molar-refractivity contribution in [3.05, 3.63) is 119 Å². The summed E-state index contributed by atoms with van der Waals surface area (Å²) in [6.07, 6.45) is 2.86. The van der Waals surface area contributed by atoms with Crippen molar-refractivity contribution in [1.82, 2.24) is 0 Å². The van der Waals surface area contributed by atoms with Gasteiger partial charge in [-0.15, -0.1) is 0 Å². The lowest BCUT2D eigenvalue weighted by molar-refractivity contribution is 0.103. The standard InChI is InChI=1S/C15H8N2O3.C13H12N2O/c18-9-16-13-5-1-11(2-6-13)15(20)12-3-7-14(8-4-12)17-10-19;14-11-5-1-9(2-6-11)13(16)10-3-7-12(15)8-4-10/h1-8H;1-8H,14-15H2. The van der Waals surface area contributed by atoms with E-state index in [1.165, 1.54) is 12.2 Å². The summed E-state index contributed by atoms with van der Waals surface area (Å²) in [7, 11) is 0. The molecule has 0 fully saturated rings. The largest absolute Gasteiger partial charge is 0.399 e. The van der Waals surface area contributed by atoms with Crippen LogP contribution in [0, 0.1) is 0 Å². The Bertz CT molecular complexity index is 1340. The minimum atomic E-state index is -0.173. The molecule has 0 radical (unpaired) electrons. The van der Waals surface area contributed by atoms with E-state index in [4.69, 9.17) is 11.5 Å². The van der Waals surface area contributed by atoms with Crippen molar-refractivity contribution in [3.8, 4) is 0 Å². The van der Waals surface area contributed by atoms with E-state index < -0.39 is 0 Å². The topological polar surface area (TPSA) is 145 Å². The van der Waals surface area contributed by atoms with Gasteiger partial charge in [-0.25, -0.2) is 9.59 Å². The van der Waals surface area contributed by atoms with Gasteiger partial charge in [0.2, 0.25) is 12.2 Å². The molecule has 176 valence electrons. The molecule has 36 heavy (non-hydrogen) atoms. The average Bonchev–Trinajstić information content (AvgIpc) is 2.90. The molecule has 0 aliphatic heterocycles. The normalized spacial score (nSPS) is 9.56. The molecule has 0 unspecified atom stereocenters. The van der Waals surface area contributed by atoms with Crippen molar-refractivity contribution < 1.29 is 19.2 Å². The SMILES string of the molecule is Nc1ccc(C(=O)c2ccc(N)cc2)cc1.O=C=Nc1ccc(C(=O)c2ccc(N=C=O)cc2)cc1. The van der Waals surface area contributed by atoms with Gasteiger partial charge in [0, 0.05) is 33.6 Å². The first kappa shape index (κ1) is 25.2. The summed E-state index contributed by atoms with van der Waals surface area (Å²) in [5, 5.41) is 0. The van der Waals surface area contributed by atoms with E-state index in [0.717, 1.165) is 0 Å². The Labute approximate surface area is 206 Å². The second-order valence-electron chi connectivity index (χ2n) is 7.40. The van der Waals surface area contributed by atoms with Gasteiger partial charge in [-0.2, -0.15) is 9.98 Å². The van der Waals surface area contributed by atoms with Crippen molar-refractivity contribution in [2.75, 3.05) is 11.5 Å². The summed E-state index contributed by atoms with van der Waals surface area (Å²) >= 11 is 0. The van der Waals surface area contributed by atoms with E-state index in [0.29, 0.717) is 45.0 Å². The number of hydrogen-bond donors (Lipinski definition) is 2. The third-order valence-electron chi connectivity index (χ3n) is 4.95. The van der Waals surface area contributed by atoms with Crippen LogP contribution in [0.1, 0.15) is 31.8 Å². The van der Waals surface area contributed by atoms with E-state index in [-0.39, 0.29) is 11.6 Å². The second kappa shape index (κ2) is 12.2. The molecule has 0 aliphatic carbocycles. The molecule has 8 nitrogen and oxygen atoms in total. The van der Waals surface area contributed by atoms with E-state index in [9.17, 15) is 19.2 Å². The van der Waals surface area contributed by atoms with Crippen LogP contribution in [0.4, 0.5) is 22.7 Å². The second-order valence-corrected chi connectivity index (χ2v) is 7.40. The fourth-order valence-corrected chi connectivity index (χ4v) is 3.08. The number of isocyanates is 2. The van der Waals surface area contributed by atoms with Crippen molar-refractivity contribution >= 4 is 46.5 Å². The van der Waals surface area contributed by atoms with Crippen LogP contribution in [0.2, 0.25) is 0 Å². The minimum absolute atomic E-state index is 0.0278. The molecule has 0 atom stereocenters. The van der Waals surface area contributed by atoms with Crippen LogP contribution in [0.15, 0.2) is 107 Å². The summed E-state index contributed by atoms with van der Waals surface area (Å²) in [5.74, 6) is -0.201. The molecule has 4 aromatic carbocycles. The quantitative estimate of drug-likeness (QED) is 0.175. The summed E-state index contributed by atoms with van der Waals surface area (Å²) in [6, 6.07) is 26.3.